The van der Waals surface area contributed by atoms with E-state index in [1.165, 1.54) is 18.2 Å². The average Bonchev–Trinajstić information content (AvgIpc) is 3.39. The van der Waals surface area contributed by atoms with Crippen LogP contribution < -0.4 is 14.2 Å². The Morgan fingerprint density at radius 1 is 1.12 bits per heavy atom. The van der Waals surface area contributed by atoms with Crippen molar-refractivity contribution in [3.05, 3.63) is 64.7 Å². The lowest BCUT2D eigenvalue weighted by molar-refractivity contribution is -0.149. The van der Waals surface area contributed by atoms with Crippen LogP contribution in [0.3, 0.4) is 0 Å². The molecule has 0 bridgehead atoms. The van der Waals surface area contributed by atoms with Crippen LogP contribution in [0.1, 0.15) is 59.2 Å². The molecule has 40 heavy (non-hydrogen) atoms. The SMILES string of the molecule is COC(=O)C1(CCCCN2CCC34C=C[C@H](O)CC3Oc3c(OC)ccc(c34)C2)Cc2ccc(OC)cc2C1=O. The van der Waals surface area contributed by atoms with Gasteiger partial charge in [0.25, 0.3) is 0 Å². The molecule has 2 heterocycles. The Morgan fingerprint density at radius 2 is 1.95 bits per heavy atom. The normalized spacial score (nSPS) is 28.2. The van der Waals surface area contributed by atoms with E-state index < -0.39 is 17.5 Å². The van der Waals surface area contributed by atoms with E-state index in [2.05, 4.69) is 17.0 Å². The Morgan fingerprint density at radius 3 is 2.73 bits per heavy atom. The maximum absolute atomic E-state index is 13.5. The summed E-state index contributed by atoms with van der Waals surface area (Å²) >= 11 is 0. The van der Waals surface area contributed by atoms with Gasteiger partial charge in [-0.3, -0.25) is 14.5 Å². The van der Waals surface area contributed by atoms with Crippen molar-refractivity contribution in [2.24, 2.45) is 5.41 Å². The lowest BCUT2D eigenvalue weighted by Crippen LogP contribution is -2.43. The van der Waals surface area contributed by atoms with Crippen LogP contribution in [0.5, 0.6) is 17.2 Å². The molecule has 6 rings (SSSR count). The minimum absolute atomic E-state index is 0.119. The third-order valence-electron chi connectivity index (χ3n) is 9.43. The van der Waals surface area contributed by atoms with Crippen LogP contribution in [0.2, 0.25) is 0 Å². The fraction of sp³-hybridized carbons (Fsp3) is 0.500. The summed E-state index contributed by atoms with van der Waals surface area (Å²) in [6.45, 7) is 2.51. The standard InChI is InChI=1S/C32H37NO7/c1-37-23-8-6-20-18-32(30(36)39-3,29(35)24(20)17-23)11-4-5-14-33-15-13-31-12-10-22(34)16-26(31)40-28-25(38-2)9-7-21(19-33)27(28)31/h6-10,12,17,22,26,34H,4-5,11,13-16,18-19H2,1-3H3/t22-,26?,31?,32?/m0/s1. The van der Waals surface area contributed by atoms with Gasteiger partial charge in [-0.2, -0.15) is 0 Å². The molecule has 0 radical (unpaired) electrons. The maximum Gasteiger partial charge on any atom is 0.320 e. The van der Waals surface area contributed by atoms with Gasteiger partial charge in [-0.1, -0.05) is 30.7 Å². The van der Waals surface area contributed by atoms with Crippen molar-refractivity contribution in [2.45, 2.75) is 62.7 Å². The fourth-order valence-corrected chi connectivity index (χ4v) is 7.32. The number of esters is 1. The van der Waals surface area contributed by atoms with Gasteiger partial charge in [-0.05, 0) is 68.1 Å². The minimum atomic E-state index is -1.18. The van der Waals surface area contributed by atoms with Gasteiger partial charge >= 0.3 is 5.97 Å². The molecule has 4 atom stereocenters. The largest absolute Gasteiger partial charge is 0.497 e. The summed E-state index contributed by atoms with van der Waals surface area (Å²) in [7, 11) is 4.59. The summed E-state index contributed by atoms with van der Waals surface area (Å²) in [4.78, 5) is 29.0. The van der Waals surface area contributed by atoms with Gasteiger partial charge in [-0.15, -0.1) is 0 Å². The van der Waals surface area contributed by atoms with E-state index in [-0.39, 0.29) is 17.3 Å². The Labute approximate surface area is 234 Å². The van der Waals surface area contributed by atoms with Gasteiger partial charge in [0.15, 0.2) is 17.3 Å². The number of rotatable bonds is 8. The van der Waals surface area contributed by atoms with E-state index in [9.17, 15) is 14.7 Å². The molecule has 2 aliphatic carbocycles. The lowest BCUT2D eigenvalue weighted by atomic mass is 9.69. The molecule has 0 saturated heterocycles. The van der Waals surface area contributed by atoms with E-state index in [1.807, 2.05) is 24.3 Å². The van der Waals surface area contributed by atoms with Gasteiger partial charge in [0.1, 0.15) is 17.3 Å². The highest BCUT2D eigenvalue weighted by Crippen LogP contribution is 2.55. The molecule has 8 nitrogen and oxygen atoms in total. The number of benzene rings is 2. The number of hydrogen-bond donors (Lipinski definition) is 1. The number of unbranched alkanes of at least 4 members (excludes halogenated alkanes) is 1. The van der Waals surface area contributed by atoms with Crippen molar-refractivity contribution in [3.63, 3.8) is 0 Å². The number of nitrogens with zero attached hydrogens (tertiary/aromatic N) is 1. The number of aliphatic hydroxyl groups is 1. The Kier molecular flexibility index (Phi) is 6.87. The van der Waals surface area contributed by atoms with E-state index in [4.69, 9.17) is 18.9 Å². The van der Waals surface area contributed by atoms with Crippen molar-refractivity contribution in [1.29, 1.82) is 0 Å². The Balaban J connectivity index is 1.17. The quantitative estimate of drug-likeness (QED) is 0.229. The molecule has 0 aromatic heterocycles. The fourth-order valence-electron chi connectivity index (χ4n) is 7.32. The molecule has 2 aromatic carbocycles. The first-order chi connectivity index (χ1) is 19.3. The van der Waals surface area contributed by atoms with Crippen LogP contribution >= 0.6 is 0 Å². The number of ether oxygens (including phenoxy) is 4. The van der Waals surface area contributed by atoms with Crippen molar-refractivity contribution >= 4 is 11.8 Å². The minimum Gasteiger partial charge on any atom is -0.497 e. The predicted octanol–water partition coefficient (Wildman–Crippen LogP) is 4.00. The second-order valence-corrected chi connectivity index (χ2v) is 11.5. The van der Waals surface area contributed by atoms with Crippen molar-refractivity contribution in [1.82, 2.24) is 4.90 Å². The number of hydrogen-bond acceptors (Lipinski definition) is 8. The first kappa shape index (κ1) is 26.8. The number of fused-ring (bicyclic) bond motifs is 1. The molecular weight excluding hydrogens is 510 g/mol. The third-order valence-corrected chi connectivity index (χ3v) is 9.43. The molecule has 1 spiro atoms. The summed E-state index contributed by atoms with van der Waals surface area (Å²) in [5.74, 6) is 1.52. The molecule has 2 aromatic rings. The molecular formula is C32H37NO7. The highest BCUT2D eigenvalue weighted by atomic mass is 16.5. The van der Waals surface area contributed by atoms with E-state index in [1.54, 1.807) is 20.3 Å². The Hall–Kier alpha value is -3.36. The summed E-state index contributed by atoms with van der Waals surface area (Å²) in [5, 5.41) is 10.3. The summed E-state index contributed by atoms with van der Waals surface area (Å²) in [6, 6.07) is 9.55. The number of methoxy groups -OCH3 is 3. The highest BCUT2D eigenvalue weighted by molar-refractivity contribution is 6.16. The van der Waals surface area contributed by atoms with Gasteiger partial charge in [-0.25, -0.2) is 0 Å². The van der Waals surface area contributed by atoms with Crippen molar-refractivity contribution < 1.29 is 33.6 Å². The van der Waals surface area contributed by atoms with E-state index >= 15 is 0 Å². The molecule has 8 heteroatoms. The second kappa shape index (κ2) is 10.2. The van der Waals surface area contributed by atoms with Crippen molar-refractivity contribution in [2.75, 3.05) is 34.4 Å². The summed E-state index contributed by atoms with van der Waals surface area (Å²) in [6.07, 6.45) is 7.27. The molecule has 0 saturated carbocycles. The zero-order valence-electron chi connectivity index (χ0n) is 23.4. The first-order valence-corrected chi connectivity index (χ1v) is 14.1. The molecule has 0 fully saturated rings. The molecule has 3 unspecified atom stereocenters. The van der Waals surface area contributed by atoms with E-state index in [0.717, 1.165) is 56.0 Å². The molecule has 4 aliphatic rings. The van der Waals surface area contributed by atoms with Gasteiger partial charge in [0, 0.05) is 24.1 Å². The zero-order valence-corrected chi connectivity index (χ0v) is 23.4. The number of carbonyl (C=O) groups is 2. The number of Topliss-reactive ketones (excluding diaryl/α,β-unsaturated/α-hetero) is 1. The monoisotopic (exact) mass is 547 g/mol. The second-order valence-electron chi connectivity index (χ2n) is 11.5. The molecule has 212 valence electrons. The first-order valence-electron chi connectivity index (χ1n) is 14.1. The third kappa shape index (κ3) is 4.11. The van der Waals surface area contributed by atoms with Crippen molar-refractivity contribution in [3.8, 4) is 17.2 Å². The zero-order chi connectivity index (χ0) is 28.1. The molecule has 2 aliphatic heterocycles. The predicted molar refractivity (Wildman–Crippen MR) is 148 cm³/mol. The summed E-state index contributed by atoms with van der Waals surface area (Å²) in [5.41, 5.74) is 2.39. The van der Waals surface area contributed by atoms with Crippen LogP contribution in [0.25, 0.3) is 0 Å². The van der Waals surface area contributed by atoms with Gasteiger partial charge in [0.05, 0.1) is 32.8 Å². The number of ketones is 1. The maximum atomic E-state index is 13.5. The molecule has 0 amide bonds. The van der Waals surface area contributed by atoms with Crippen LogP contribution in [0.4, 0.5) is 0 Å². The highest BCUT2D eigenvalue weighted by Gasteiger charge is 2.53. The van der Waals surface area contributed by atoms with Crippen LogP contribution in [0, 0.1) is 5.41 Å². The van der Waals surface area contributed by atoms with E-state index in [0.29, 0.717) is 30.6 Å². The average molecular weight is 548 g/mol. The Bertz CT molecular complexity index is 1370. The van der Waals surface area contributed by atoms with Crippen LogP contribution in [-0.4, -0.2) is 68.4 Å². The van der Waals surface area contributed by atoms with Gasteiger partial charge < -0.3 is 24.1 Å². The number of aliphatic hydroxyl groups excluding tert-OH is 1. The van der Waals surface area contributed by atoms with Gasteiger partial charge in [0.2, 0.25) is 0 Å². The molecule has 1 N–H and O–H groups in total. The lowest BCUT2D eigenvalue weighted by Gasteiger charge is -2.36. The van der Waals surface area contributed by atoms with Crippen LogP contribution in [-0.2, 0) is 27.9 Å². The topological polar surface area (TPSA) is 94.5 Å². The smallest absolute Gasteiger partial charge is 0.320 e. The summed E-state index contributed by atoms with van der Waals surface area (Å²) < 4.78 is 22.5. The van der Waals surface area contributed by atoms with Crippen LogP contribution in [0.15, 0.2) is 42.5 Å². The number of carbonyl (C=O) groups excluding carboxylic acids is 2.